The number of Topliss-reactive ketones (excluding diaryl/α,β-unsaturated/α-hetero) is 1. The zero-order chi connectivity index (χ0) is 8.32. The van der Waals surface area contributed by atoms with E-state index in [4.69, 9.17) is 5.11 Å². The molecule has 0 aromatic heterocycles. The van der Waals surface area contributed by atoms with Crippen LogP contribution in [0.15, 0.2) is 12.7 Å². The number of rotatable bonds is 3. The monoisotopic (exact) mass is 154 g/mol. The van der Waals surface area contributed by atoms with Gasteiger partial charge in [-0.1, -0.05) is 6.08 Å². The van der Waals surface area contributed by atoms with Crippen LogP contribution in [0.1, 0.15) is 25.7 Å². The van der Waals surface area contributed by atoms with Gasteiger partial charge < -0.3 is 5.11 Å². The third-order valence-electron chi connectivity index (χ3n) is 2.49. The number of allylic oxidation sites excluding steroid dienone is 1. The number of ketones is 1. The predicted octanol–water partition coefficient (Wildman–Crippen LogP) is 1.29. The maximum absolute atomic E-state index is 11.3. The summed E-state index contributed by atoms with van der Waals surface area (Å²) in [4.78, 5) is 11.3. The Hall–Kier alpha value is -0.630. The van der Waals surface area contributed by atoms with Gasteiger partial charge in [0.15, 0.2) is 0 Å². The first-order valence-electron chi connectivity index (χ1n) is 4.00. The topological polar surface area (TPSA) is 37.3 Å². The van der Waals surface area contributed by atoms with E-state index in [0.29, 0.717) is 12.8 Å². The SMILES string of the molecule is C=CCC1(CO)CCCC1=O. The van der Waals surface area contributed by atoms with E-state index in [2.05, 4.69) is 6.58 Å². The lowest BCUT2D eigenvalue weighted by molar-refractivity contribution is -0.127. The van der Waals surface area contributed by atoms with Crippen molar-refractivity contribution in [1.29, 1.82) is 0 Å². The first-order chi connectivity index (χ1) is 5.25. The molecule has 0 amide bonds. The highest BCUT2D eigenvalue weighted by Gasteiger charge is 2.39. The average molecular weight is 154 g/mol. The van der Waals surface area contributed by atoms with Gasteiger partial charge in [-0.3, -0.25) is 4.79 Å². The predicted molar refractivity (Wildman–Crippen MR) is 43.2 cm³/mol. The van der Waals surface area contributed by atoms with Gasteiger partial charge in [-0.15, -0.1) is 6.58 Å². The number of aliphatic hydroxyl groups excluding tert-OH is 1. The van der Waals surface area contributed by atoms with Gasteiger partial charge in [0.2, 0.25) is 0 Å². The molecule has 11 heavy (non-hydrogen) atoms. The third-order valence-corrected chi connectivity index (χ3v) is 2.49. The third kappa shape index (κ3) is 1.36. The summed E-state index contributed by atoms with van der Waals surface area (Å²) in [5.74, 6) is 0.208. The molecule has 0 aromatic rings. The van der Waals surface area contributed by atoms with Crippen LogP contribution in [0.5, 0.6) is 0 Å². The molecule has 1 rings (SSSR count). The lowest BCUT2D eigenvalue weighted by Gasteiger charge is -2.22. The molecule has 0 heterocycles. The van der Waals surface area contributed by atoms with Gasteiger partial charge in [0.05, 0.1) is 12.0 Å². The van der Waals surface area contributed by atoms with E-state index in [0.717, 1.165) is 12.8 Å². The quantitative estimate of drug-likeness (QED) is 0.622. The number of hydrogen-bond donors (Lipinski definition) is 1. The Morgan fingerprint density at radius 1 is 1.73 bits per heavy atom. The Bertz CT molecular complexity index is 174. The number of aliphatic hydroxyl groups is 1. The van der Waals surface area contributed by atoms with Crippen LogP contribution in [-0.2, 0) is 4.79 Å². The summed E-state index contributed by atoms with van der Waals surface area (Å²) in [5.41, 5.74) is -0.457. The van der Waals surface area contributed by atoms with Gasteiger partial charge in [0, 0.05) is 6.42 Å². The summed E-state index contributed by atoms with van der Waals surface area (Å²) >= 11 is 0. The molecule has 2 nitrogen and oxygen atoms in total. The second-order valence-electron chi connectivity index (χ2n) is 3.21. The lowest BCUT2D eigenvalue weighted by atomic mass is 9.83. The molecule has 1 unspecified atom stereocenters. The molecule has 0 radical (unpaired) electrons. The van der Waals surface area contributed by atoms with E-state index in [1.165, 1.54) is 0 Å². The van der Waals surface area contributed by atoms with Gasteiger partial charge in [-0.25, -0.2) is 0 Å². The van der Waals surface area contributed by atoms with Crippen molar-refractivity contribution < 1.29 is 9.90 Å². The van der Waals surface area contributed by atoms with Crippen molar-refractivity contribution >= 4 is 5.78 Å². The summed E-state index contributed by atoms with van der Waals surface area (Å²) in [6, 6.07) is 0. The molecule has 1 aliphatic rings. The van der Waals surface area contributed by atoms with E-state index < -0.39 is 5.41 Å². The van der Waals surface area contributed by atoms with Crippen molar-refractivity contribution in [2.45, 2.75) is 25.7 Å². The van der Waals surface area contributed by atoms with E-state index >= 15 is 0 Å². The van der Waals surface area contributed by atoms with Crippen molar-refractivity contribution in [2.75, 3.05) is 6.61 Å². The largest absolute Gasteiger partial charge is 0.395 e. The van der Waals surface area contributed by atoms with Gasteiger partial charge in [-0.2, -0.15) is 0 Å². The average Bonchev–Trinajstić information content (AvgIpc) is 2.35. The number of carbonyl (C=O) groups excluding carboxylic acids is 1. The van der Waals surface area contributed by atoms with Crippen molar-refractivity contribution in [3.8, 4) is 0 Å². The van der Waals surface area contributed by atoms with Crippen LogP contribution >= 0.6 is 0 Å². The first kappa shape index (κ1) is 8.47. The Balaban J connectivity index is 2.72. The fraction of sp³-hybridized carbons (Fsp3) is 0.667. The molecule has 0 aliphatic heterocycles. The molecule has 2 heteroatoms. The second kappa shape index (κ2) is 3.18. The van der Waals surface area contributed by atoms with Crippen molar-refractivity contribution in [2.24, 2.45) is 5.41 Å². The zero-order valence-electron chi connectivity index (χ0n) is 6.68. The molecular formula is C9H14O2. The van der Waals surface area contributed by atoms with E-state index in [1.807, 2.05) is 0 Å². The second-order valence-corrected chi connectivity index (χ2v) is 3.21. The molecular weight excluding hydrogens is 140 g/mol. The maximum atomic E-state index is 11.3. The molecule has 1 fully saturated rings. The van der Waals surface area contributed by atoms with Crippen LogP contribution in [0.2, 0.25) is 0 Å². The normalized spacial score (nSPS) is 30.8. The van der Waals surface area contributed by atoms with Gasteiger partial charge >= 0.3 is 0 Å². The molecule has 1 N–H and O–H groups in total. The smallest absolute Gasteiger partial charge is 0.141 e. The molecule has 0 spiro atoms. The molecule has 0 bridgehead atoms. The molecule has 0 aromatic carbocycles. The highest BCUT2D eigenvalue weighted by molar-refractivity contribution is 5.87. The van der Waals surface area contributed by atoms with Crippen LogP contribution < -0.4 is 0 Å². The summed E-state index contributed by atoms with van der Waals surface area (Å²) in [6.07, 6.45) is 4.73. The maximum Gasteiger partial charge on any atom is 0.141 e. The summed E-state index contributed by atoms with van der Waals surface area (Å²) in [7, 11) is 0. The molecule has 1 atom stereocenters. The summed E-state index contributed by atoms with van der Waals surface area (Å²) in [6.45, 7) is 3.57. The van der Waals surface area contributed by atoms with Crippen molar-refractivity contribution in [3.05, 3.63) is 12.7 Å². The Morgan fingerprint density at radius 2 is 2.45 bits per heavy atom. The standard InChI is InChI=1S/C9H14O2/c1-2-5-9(7-10)6-3-4-8(9)11/h2,10H,1,3-7H2. The van der Waals surface area contributed by atoms with E-state index in [1.54, 1.807) is 6.08 Å². The fourth-order valence-corrected chi connectivity index (χ4v) is 1.72. The van der Waals surface area contributed by atoms with Crippen LogP contribution in [0.4, 0.5) is 0 Å². The zero-order valence-corrected chi connectivity index (χ0v) is 6.68. The van der Waals surface area contributed by atoms with Gasteiger partial charge in [0.25, 0.3) is 0 Å². The number of hydrogen-bond acceptors (Lipinski definition) is 2. The first-order valence-corrected chi connectivity index (χ1v) is 4.00. The summed E-state index contributed by atoms with van der Waals surface area (Å²) in [5, 5.41) is 9.05. The Kier molecular flexibility index (Phi) is 2.45. The summed E-state index contributed by atoms with van der Waals surface area (Å²) < 4.78 is 0. The number of carbonyl (C=O) groups is 1. The van der Waals surface area contributed by atoms with Crippen LogP contribution in [-0.4, -0.2) is 17.5 Å². The molecule has 0 saturated heterocycles. The highest BCUT2D eigenvalue weighted by Crippen LogP contribution is 2.37. The molecule has 62 valence electrons. The van der Waals surface area contributed by atoms with E-state index in [9.17, 15) is 4.79 Å². The lowest BCUT2D eigenvalue weighted by Crippen LogP contribution is -2.29. The van der Waals surface area contributed by atoms with Gasteiger partial charge in [0.1, 0.15) is 5.78 Å². The van der Waals surface area contributed by atoms with E-state index in [-0.39, 0.29) is 12.4 Å². The molecule has 1 saturated carbocycles. The van der Waals surface area contributed by atoms with Crippen molar-refractivity contribution in [3.63, 3.8) is 0 Å². The van der Waals surface area contributed by atoms with Crippen LogP contribution in [0, 0.1) is 5.41 Å². The minimum Gasteiger partial charge on any atom is -0.395 e. The minimum atomic E-state index is -0.457. The van der Waals surface area contributed by atoms with Gasteiger partial charge in [-0.05, 0) is 19.3 Å². The van der Waals surface area contributed by atoms with Crippen LogP contribution in [0.3, 0.4) is 0 Å². The minimum absolute atomic E-state index is 0.0160. The Morgan fingerprint density at radius 3 is 2.82 bits per heavy atom. The van der Waals surface area contributed by atoms with Crippen LogP contribution in [0.25, 0.3) is 0 Å². The Labute approximate surface area is 66.9 Å². The molecule has 1 aliphatic carbocycles. The van der Waals surface area contributed by atoms with Crippen molar-refractivity contribution in [1.82, 2.24) is 0 Å². The highest BCUT2D eigenvalue weighted by atomic mass is 16.3. The fourth-order valence-electron chi connectivity index (χ4n) is 1.72.